The van der Waals surface area contributed by atoms with Gasteiger partial charge in [-0.3, -0.25) is 4.79 Å². The van der Waals surface area contributed by atoms with Crippen LogP contribution >= 0.6 is 0 Å². The number of nitrogens with two attached hydrogens (primary N) is 1. The maximum absolute atomic E-state index is 12.6. The summed E-state index contributed by atoms with van der Waals surface area (Å²) in [4.78, 5) is 14.6. The van der Waals surface area contributed by atoms with Gasteiger partial charge in [0.25, 0.3) is 5.91 Å². The summed E-state index contributed by atoms with van der Waals surface area (Å²) in [5.74, 6) is 1.53. The highest BCUT2D eigenvalue weighted by molar-refractivity contribution is 5.99. The summed E-state index contributed by atoms with van der Waals surface area (Å²) in [7, 11) is 0. The lowest BCUT2D eigenvalue weighted by Gasteiger charge is -2.22. The van der Waals surface area contributed by atoms with Gasteiger partial charge in [0.1, 0.15) is 0 Å². The molecule has 1 atom stereocenters. The number of rotatable bonds is 2. The smallest absolute Gasteiger partial charge is 0.255 e. The van der Waals surface area contributed by atoms with Crippen LogP contribution < -0.4 is 5.73 Å². The molecular formula is C17H26N2O. The highest BCUT2D eigenvalue weighted by Gasteiger charge is 2.24. The fraction of sp³-hybridized carbons (Fsp3) is 0.588. The van der Waals surface area contributed by atoms with Crippen LogP contribution in [0.5, 0.6) is 0 Å². The maximum Gasteiger partial charge on any atom is 0.255 e. The van der Waals surface area contributed by atoms with E-state index in [0.717, 1.165) is 37.4 Å². The molecular weight excluding hydrogens is 248 g/mol. The van der Waals surface area contributed by atoms with Gasteiger partial charge in [0.15, 0.2) is 0 Å². The number of benzene rings is 1. The van der Waals surface area contributed by atoms with Crippen LogP contribution in [0.2, 0.25) is 0 Å². The average Bonchev–Trinajstić information content (AvgIpc) is 2.63. The second-order valence-corrected chi connectivity index (χ2v) is 6.32. The number of nitrogen functional groups attached to an aromatic ring is 1. The van der Waals surface area contributed by atoms with Crippen LogP contribution in [0.3, 0.4) is 0 Å². The fourth-order valence-electron chi connectivity index (χ4n) is 3.04. The van der Waals surface area contributed by atoms with Crippen LogP contribution in [0, 0.1) is 18.8 Å². The van der Waals surface area contributed by atoms with Gasteiger partial charge in [0.05, 0.1) is 5.56 Å². The Morgan fingerprint density at radius 1 is 1.30 bits per heavy atom. The van der Waals surface area contributed by atoms with E-state index in [4.69, 9.17) is 5.73 Å². The Balaban J connectivity index is 2.09. The van der Waals surface area contributed by atoms with Crippen LogP contribution in [-0.2, 0) is 0 Å². The molecule has 20 heavy (non-hydrogen) atoms. The number of amides is 1. The van der Waals surface area contributed by atoms with Crippen molar-refractivity contribution in [1.82, 2.24) is 4.90 Å². The third-order valence-electron chi connectivity index (χ3n) is 4.44. The Kier molecular flexibility index (Phi) is 4.69. The van der Waals surface area contributed by atoms with Gasteiger partial charge < -0.3 is 10.6 Å². The summed E-state index contributed by atoms with van der Waals surface area (Å²) >= 11 is 0. The summed E-state index contributed by atoms with van der Waals surface area (Å²) < 4.78 is 0. The van der Waals surface area contributed by atoms with Crippen molar-refractivity contribution in [2.75, 3.05) is 18.8 Å². The summed E-state index contributed by atoms with van der Waals surface area (Å²) in [5, 5.41) is 0. The minimum atomic E-state index is 0.0897. The molecule has 0 aliphatic carbocycles. The van der Waals surface area contributed by atoms with Crippen molar-refractivity contribution in [3.05, 3.63) is 29.3 Å². The third kappa shape index (κ3) is 3.33. The van der Waals surface area contributed by atoms with Crippen molar-refractivity contribution in [3.63, 3.8) is 0 Å². The standard InChI is InChI=1S/C17H26N2O/c1-12(2)14-5-4-9-19(10-8-14)17(20)15-7-6-13(3)11-16(15)18/h6-7,11-12,14H,4-5,8-10,18H2,1-3H3. The monoisotopic (exact) mass is 274 g/mol. The van der Waals surface area contributed by atoms with Gasteiger partial charge in [-0.15, -0.1) is 0 Å². The predicted molar refractivity (Wildman–Crippen MR) is 83.7 cm³/mol. The van der Waals surface area contributed by atoms with Crippen molar-refractivity contribution >= 4 is 11.6 Å². The van der Waals surface area contributed by atoms with Crippen LogP contribution in [0.25, 0.3) is 0 Å². The van der Waals surface area contributed by atoms with Crippen molar-refractivity contribution < 1.29 is 4.79 Å². The van der Waals surface area contributed by atoms with Gasteiger partial charge in [-0.25, -0.2) is 0 Å². The number of hydrogen-bond acceptors (Lipinski definition) is 2. The molecule has 3 nitrogen and oxygen atoms in total. The normalized spacial score (nSPS) is 20.0. The molecule has 2 N–H and O–H groups in total. The molecule has 1 aliphatic rings. The van der Waals surface area contributed by atoms with Crippen LogP contribution in [0.15, 0.2) is 18.2 Å². The molecule has 1 aromatic rings. The molecule has 3 heteroatoms. The highest BCUT2D eigenvalue weighted by atomic mass is 16.2. The molecule has 0 bridgehead atoms. The van der Waals surface area contributed by atoms with E-state index in [1.165, 1.54) is 6.42 Å². The van der Waals surface area contributed by atoms with Crippen LogP contribution in [0.4, 0.5) is 5.69 Å². The van der Waals surface area contributed by atoms with Gasteiger partial charge in [-0.2, -0.15) is 0 Å². The number of aryl methyl sites for hydroxylation is 1. The lowest BCUT2D eigenvalue weighted by atomic mass is 9.89. The number of hydrogen-bond donors (Lipinski definition) is 1. The number of likely N-dealkylation sites (tertiary alicyclic amines) is 1. The zero-order chi connectivity index (χ0) is 14.7. The molecule has 0 radical (unpaired) electrons. The number of anilines is 1. The number of carbonyl (C=O) groups excluding carboxylic acids is 1. The Hall–Kier alpha value is -1.51. The summed E-state index contributed by atoms with van der Waals surface area (Å²) in [6, 6.07) is 5.69. The van der Waals surface area contributed by atoms with Gasteiger partial charge in [0.2, 0.25) is 0 Å². The van der Waals surface area contributed by atoms with E-state index in [-0.39, 0.29) is 5.91 Å². The molecule has 1 aromatic carbocycles. The predicted octanol–water partition coefficient (Wildman–Crippen LogP) is 3.48. The van der Waals surface area contributed by atoms with Gasteiger partial charge in [0, 0.05) is 18.8 Å². The van der Waals surface area contributed by atoms with E-state index in [1.807, 2.05) is 30.0 Å². The van der Waals surface area contributed by atoms with Crippen molar-refractivity contribution in [2.24, 2.45) is 11.8 Å². The topological polar surface area (TPSA) is 46.3 Å². The minimum absolute atomic E-state index is 0.0897. The number of nitrogens with zero attached hydrogens (tertiary/aromatic N) is 1. The molecule has 0 saturated carbocycles. The molecule has 1 aliphatic heterocycles. The highest BCUT2D eigenvalue weighted by Crippen LogP contribution is 2.26. The first kappa shape index (κ1) is 14.9. The summed E-state index contributed by atoms with van der Waals surface area (Å²) in [6.45, 7) is 8.26. The van der Waals surface area contributed by atoms with Gasteiger partial charge in [-0.05, 0) is 55.7 Å². The third-order valence-corrected chi connectivity index (χ3v) is 4.44. The van der Waals surface area contributed by atoms with E-state index in [0.29, 0.717) is 17.2 Å². The molecule has 1 unspecified atom stereocenters. The minimum Gasteiger partial charge on any atom is -0.398 e. The lowest BCUT2D eigenvalue weighted by Crippen LogP contribution is -2.32. The quantitative estimate of drug-likeness (QED) is 0.839. The van der Waals surface area contributed by atoms with Crippen LogP contribution in [0.1, 0.15) is 49.0 Å². The summed E-state index contributed by atoms with van der Waals surface area (Å²) in [6.07, 6.45) is 3.43. The largest absolute Gasteiger partial charge is 0.398 e. The molecule has 110 valence electrons. The second kappa shape index (κ2) is 6.29. The summed E-state index contributed by atoms with van der Waals surface area (Å²) in [5.41, 5.74) is 8.34. The number of carbonyl (C=O) groups is 1. The molecule has 0 spiro atoms. The SMILES string of the molecule is Cc1ccc(C(=O)N2CCCC(C(C)C)CC2)c(N)c1. The van der Waals surface area contributed by atoms with Crippen molar-refractivity contribution in [2.45, 2.75) is 40.0 Å². The Bertz CT molecular complexity index is 482. The lowest BCUT2D eigenvalue weighted by molar-refractivity contribution is 0.0760. The van der Waals surface area contributed by atoms with E-state index >= 15 is 0 Å². The zero-order valence-electron chi connectivity index (χ0n) is 12.9. The van der Waals surface area contributed by atoms with Gasteiger partial charge >= 0.3 is 0 Å². The van der Waals surface area contributed by atoms with Gasteiger partial charge in [-0.1, -0.05) is 19.9 Å². The molecule has 1 heterocycles. The van der Waals surface area contributed by atoms with E-state index in [1.54, 1.807) is 0 Å². The van der Waals surface area contributed by atoms with Crippen molar-refractivity contribution in [1.29, 1.82) is 0 Å². The molecule has 1 saturated heterocycles. The van der Waals surface area contributed by atoms with Crippen molar-refractivity contribution in [3.8, 4) is 0 Å². The van der Waals surface area contributed by atoms with E-state index in [9.17, 15) is 4.79 Å². The first-order valence-electron chi connectivity index (χ1n) is 7.64. The maximum atomic E-state index is 12.6. The van der Waals surface area contributed by atoms with E-state index < -0.39 is 0 Å². The molecule has 1 amide bonds. The van der Waals surface area contributed by atoms with E-state index in [2.05, 4.69) is 13.8 Å². The molecule has 0 aromatic heterocycles. The Labute approximate surface area is 122 Å². The Morgan fingerprint density at radius 2 is 2.05 bits per heavy atom. The van der Waals surface area contributed by atoms with Crippen LogP contribution in [-0.4, -0.2) is 23.9 Å². The average molecular weight is 274 g/mol. The Morgan fingerprint density at radius 3 is 2.70 bits per heavy atom. The second-order valence-electron chi connectivity index (χ2n) is 6.32. The molecule has 2 rings (SSSR count). The molecule has 1 fully saturated rings. The first-order valence-corrected chi connectivity index (χ1v) is 7.64. The fourth-order valence-corrected chi connectivity index (χ4v) is 3.04. The first-order chi connectivity index (χ1) is 9.49. The zero-order valence-corrected chi connectivity index (χ0v) is 12.9.